The molecular weight excluding hydrogens is 260 g/mol. The fourth-order valence-electron chi connectivity index (χ4n) is 2.61. The van der Waals surface area contributed by atoms with E-state index in [1.165, 1.54) is 0 Å². The van der Waals surface area contributed by atoms with Crippen LogP contribution in [0.2, 0.25) is 5.02 Å². The minimum absolute atomic E-state index is 0.130. The van der Waals surface area contributed by atoms with E-state index < -0.39 is 0 Å². The molecule has 1 amide bonds. The van der Waals surface area contributed by atoms with Crippen molar-refractivity contribution in [3.05, 3.63) is 34.9 Å². The molecule has 2 rings (SSSR count). The summed E-state index contributed by atoms with van der Waals surface area (Å²) < 4.78 is 0. The smallest absolute Gasteiger partial charge is 0.229 e. The van der Waals surface area contributed by atoms with Crippen LogP contribution in [0, 0.1) is 0 Å². The van der Waals surface area contributed by atoms with Crippen LogP contribution in [-0.2, 0) is 4.79 Å². The van der Waals surface area contributed by atoms with Crippen LogP contribution < -0.4 is 5.32 Å². The van der Waals surface area contributed by atoms with Crippen molar-refractivity contribution in [1.82, 2.24) is 10.2 Å². The van der Waals surface area contributed by atoms with Crippen molar-refractivity contribution in [3.8, 4) is 0 Å². The lowest BCUT2D eigenvalue weighted by Crippen LogP contribution is -2.48. The van der Waals surface area contributed by atoms with Crippen LogP contribution in [-0.4, -0.2) is 37.0 Å². The molecule has 2 atom stereocenters. The third kappa shape index (κ3) is 3.48. The zero-order chi connectivity index (χ0) is 13.8. The highest BCUT2D eigenvalue weighted by Crippen LogP contribution is 2.23. The first-order chi connectivity index (χ1) is 9.11. The van der Waals surface area contributed by atoms with Crippen LogP contribution in [0.5, 0.6) is 0 Å². The number of benzene rings is 1. The second kappa shape index (κ2) is 6.40. The van der Waals surface area contributed by atoms with Crippen molar-refractivity contribution >= 4 is 17.5 Å². The van der Waals surface area contributed by atoms with Gasteiger partial charge in [-0.05, 0) is 44.5 Å². The molecule has 1 N–H and O–H groups in total. The number of likely N-dealkylation sites (tertiary alicyclic amines) is 1. The number of hydrogen-bond acceptors (Lipinski definition) is 2. The lowest BCUT2D eigenvalue weighted by molar-refractivity contribution is -0.133. The maximum absolute atomic E-state index is 12.5. The Bertz CT molecular complexity index is 450. The van der Waals surface area contributed by atoms with E-state index in [1.807, 2.05) is 43.1 Å². The number of amides is 1. The number of carbonyl (C=O) groups excluding carboxylic acids is 1. The quantitative estimate of drug-likeness (QED) is 0.923. The number of carbonyl (C=O) groups is 1. The average Bonchev–Trinajstić information content (AvgIpc) is 2.45. The van der Waals surface area contributed by atoms with Gasteiger partial charge >= 0.3 is 0 Å². The average molecular weight is 281 g/mol. The Kier molecular flexibility index (Phi) is 4.83. The molecule has 4 heteroatoms. The Labute approximate surface area is 119 Å². The lowest BCUT2D eigenvalue weighted by Gasteiger charge is -2.34. The molecule has 3 nitrogen and oxygen atoms in total. The zero-order valence-corrected chi connectivity index (χ0v) is 12.3. The van der Waals surface area contributed by atoms with Crippen molar-refractivity contribution in [3.63, 3.8) is 0 Å². The van der Waals surface area contributed by atoms with Gasteiger partial charge in [-0.3, -0.25) is 4.79 Å². The molecule has 1 heterocycles. The number of halogens is 1. The van der Waals surface area contributed by atoms with Crippen LogP contribution >= 0.6 is 11.6 Å². The van der Waals surface area contributed by atoms with Crippen LogP contribution in [0.3, 0.4) is 0 Å². The van der Waals surface area contributed by atoms with E-state index in [1.54, 1.807) is 0 Å². The van der Waals surface area contributed by atoms with Crippen molar-refractivity contribution in [2.45, 2.75) is 31.7 Å². The second-order valence-electron chi connectivity index (χ2n) is 5.19. The highest BCUT2D eigenvalue weighted by molar-refractivity contribution is 6.30. The summed E-state index contributed by atoms with van der Waals surface area (Å²) in [6.45, 7) is 3.62. The maximum Gasteiger partial charge on any atom is 0.229 e. The van der Waals surface area contributed by atoms with Gasteiger partial charge < -0.3 is 10.2 Å². The Balaban J connectivity index is 2.06. The van der Waals surface area contributed by atoms with Crippen molar-refractivity contribution in [2.75, 3.05) is 20.1 Å². The molecular formula is C15H21ClN2O. The van der Waals surface area contributed by atoms with Gasteiger partial charge in [-0.2, -0.15) is 0 Å². The molecule has 0 bridgehead atoms. The summed E-state index contributed by atoms with van der Waals surface area (Å²) in [5, 5.41) is 3.95. The molecule has 1 fully saturated rings. The van der Waals surface area contributed by atoms with Crippen molar-refractivity contribution < 1.29 is 4.79 Å². The fraction of sp³-hybridized carbons (Fsp3) is 0.533. The summed E-state index contributed by atoms with van der Waals surface area (Å²) in [4.78, 5) is 14.5. The van der Waals surface area contributed by atoms with E-state index in [-0.39, 0.29) is 11.8 Å². The highest BCUT2D eigenvalue weighted by Gasteiger charge is 2.26. The van der Waals surface area contributed by atoms with E-state index in [4.69, 9.17) is 11.6 Å². The predicted molar refractivity (Wildman–Crippen MR) is 78.5 cm³/mol. The highest BCUT2D eigenvalue weighted by atomic mass is 35.5. The molecule has 2 unspecified atom stereocenters. The van der Waals surface area contributed by atoms with Gasteiger partial charge in [-0.25, -0.2) is 0 Å². The van der Waals surface area contributed by atoms with E-state index in [0.29, 0.717) is 11.1 Å². The number of nitrogens with zero attached hydrogens (tertiary/aromatic N) is 1. The van der Waals surface area contributed by atoms with Crippen LogP contribution in [0.1, 0.15) is 31.2 Å². The summed E-state index contributed by atoms with van der Waals surface area (Å²) in [6, 6.07) is 8.00. The van der Waals surface area contributed by atoms with Gasteiger partial charge in [0.05, 0.1) is 5.92 Å². The monoisotopic (exact) mass is 280 g/mol. The summed E-state index contributed by atoms with van der Waals surface area (Å²) in [7, 11) is 1.96. The molecule has 0 aromatic heterocycles. The summed E-state index contributed by atoms with van der Waals surface area (Å²) in [5.41, 5.74) is 0.990. The Morgan fingerprint density at radius 1 is 1.53 bits per heavy atom. The first-order valence-electron chi connectivity index (χ1n) is 6.83. The van der Waals surface area contributed by atoms with E-state index in [9.17, 15) is 4.79 Å². The van der Waals surface area contributed by atoms with Crippen LogP contribution in [0.15, 0.2) is 24.3 Å². The van der Waals surface area contributed by atoms with Gasteiger partial charge in [0.1, 0.15) is 0 Å². The Morgan fingerprint density at radius 3 is 3.00 bits per heavy atom. The number of hydrogen-bond donors (Lipinski definition) is 1. The molecule has 0 spiro atoms. The van der Waals surface area contributed by atoms with Crippen LogP contribution in [0.25, 0.3) is 0 Å². The molecule has 104 valence electrons. The summed E-state index contributed by atoms with van der Waals surface area (Å²) in [6.07, 6.45) is 2.21. The first-order valence-corrected chi connectivity index (χ1v) is 7.21. The number of nitrogens with one attached hydrogen (secondary N) is 1. The Morgan fingerprint density at radius 2 is 2.32 bits per heavy atom. The second-order valence-corrected chi connectivity index (χ2v) is 5.63. The maximum atomic E-state index is 12.5. The van der Waals surface area contributed by atoms with Crippen molar-refractivity contribution in [1.29, 1.82) is 0 Å². The van der Waals surface area contributed by atoms with Gasteiger partial charge in [-0.1, -0.05) is 23.7 Å². The van der Waals surface area contributed by atoms with Gasteiger partial charge in [0.25, 0.3) is 0 Å². The van der Waals surface area contributed by atoms with Gasteiger partial charge in [-0.15, -0.1) is 0 Å². The fourth-order valence-corrected chi connectivity index (χ4v) is 2.80. The Hall–Kier alpha value is -1.06. The number of rotatable bonds is 3. The molecule has 19 heavy (non-hydrogen) atoms. The zero-order valence-electron chi connectivity index (χ0n) is 11.5. The minimum atomic E-state index is -0.130. The molecule has 1 aromatic rings. The van der Waals surface area contributed by atoms with Gasteiger partial charge in [0, 0.05) is 24.2 Å². The number of piperidine rings is 1. The number of likely N-dealkylation sites (N-methyl/N-ethyl adjacent to an activating group) is 1. The largest absolute Gasteiger partial charge is 0.341 e. The molecule has 0 saturated carbocycles. The summed E-state index contributed by atoms with van der Waals surface area (Å²) in [5.74, 6) is 0.0662. The van der Waals surface area contributed by atoms with Crippen molar-refractivity contribution in [2.24, 2.45) is 0 Å². The molecule has 0 aliphatic carbocycles. The van der Waals surface area contributed by atoms with E-state index in [0.717, 1.165) is 31.5 Å². The molecule has 1 aliphatic heterocycles. The third-order valence-corrected chi connectivity index (χ3v) is 4.10. The first kappa shape index (κ1) is 14.4. The third-order valence-electron chi connectivity index (χ3n) is 3.86. The normalized spacial score (nSPS) is 21.2. The lowest BCUT2D eigenvalue weighted by atomic mass is 9.97. The SMILES string of the molecule is CNC1CCCN(C(=O)C(C)c2cccc(Cl)c2)C1. The molecule has 1 saturated heterocycles. The van der Waals surface area contributed by atoms with E-state index >= 15 is 0 Å². The van der Waals surface area contributed by atoms with Crippen LogP contribution in [0.4, 0.5) is 0 Å². The van der Waals surface area contributed by atoms with Gasteiger partial charge in [0.2, 0.25) is 5.91 Å². The predicted octanol–water partition coefficient (Wildman–Crippen LogP) is 2.65. The minimum Gasteiger partial charge on any atom is -0.341 e. The molecule has 0 radical (unpaired) electrons. The topological polar surface area (TPSA) is 32.3 Å². The summed E-state index contributed by atoms with van der Waals surface area (Å²) >= 11 is 5.99. The van der Waals surface area contributed by atoms with E-state index in [2.05, 4.69) is 5.32 Å². The molecule has 1 aromatic carbocycles. The standard InChI is InChI=1S/C15H21ClN2O/c1-11(12-5-3-6-13(16)9-12)15(19)18-8-4-7-14(10-18)17-2/h3,5-6,9,11,14,17H,4,7-8,10H2,1-2H3. The van der Waals surface area contributed by atoms with Gasteiger partial charge in [0.15, 0.2) is 0 Å². The molecule has 1 aliphatic rings.